The predicted octanol–water partition coefficient (Wildman–Crippen LogP) is 4.72. The summed E-state index contributed by atoms with van der Waals surface area (Å²) in [7, 11) is 0. The molecule has 1 heterocycles. The Labute approximate surface area is 121 Å². The maximum Gasteiger partial charge on any atom is 0.125 e. The van der Waals surface area contributed by atoms with Gasteiger partial charge < -0.3 is 10.1 Å². The van der Waals surface area contributed by atoms with Crippen LogP contribution in [0.3, 0.4) is 0 Å². The monoisotopic (exact) mass is 281 g/mol. The minimum Gasteiger partial charge on any atom is -0.487 e. The Kier molecular flexibility index (Phi) is 4.75. The molecule has 0 saturated heterocycles. The van der Waals surface area contributed by atoms with Gasteiger partial charge >= 0.3 is 0 Å². The number of benzene rings is 1. The minimum absolute atomic E-state index is 0.0355. The van der Waals surface area contributed by atoms with Gasteiger partial charge in [-0.15, -0.1) is 0 Å². The zero-order valence-electron chi connectivity index (χ0n) is 12.1. The molecule has 1 N–H and O–H groups in total. The van der Waals surface area contributed by atoms with E-state index in [1.807, 2.05) is 18.2 Å². The van der Waals surface area contributed by atoms with Crippen LogP contribution in [-0.2, 0) is 0 Å². The van der Waals surface area contributed by atoms with Crippen molar-refractivity contribution in [2.24, 2.45) is 0 Å². The molecule has 0 bridgehead atoms. The molecule has 1 aliphatic heterocycles. The van der Waals surface area contributed by atoms with Crippen LogP contribution >= 0.6 is 11.6 Å². The Morgan fingerprint density at radius 3 is 2.68 bits per heavy atom. The van der Waals surface area contributed by atoms with Crippen LogP contribution in [-0.4, -0.2) is 12.1 Å². The van der Waals surface area contributed by atoms with Crippen LogP contribution in [0.4, 0.5) is 0 Å². The Hall–Kier alpha value is -0.730. The Bertz CT molecular complexity index is 429. The Morgan fingerprint density at radius 1 is 1.32 bits per heavy atom. The number of fused-ring (bicyclic) bond motifs is 1. The van der Waals surface area contributed by atoms with E-state index in [-0.39, 0.29) is 5.60 Å². The first kappa shape index (κ1) is 14.7. The lowest BCUT2D eigenvalue weighted by Gasteiger charge is -2.42. The van der Waals surface area contributed by atoms with E-state index >= 15 is 0 Å². The van der Waals surface area contributed by atoms with Gasteiger partial charge in [0.05, 0.1) is 0 Å². The third-order valence-corrected chi connectivity index (χ3v) is 4.41. The third-order valence-electron chi connectivity index (χ3n) is 4.18. The van der Waals surface area contributed by atoms with Gasteiger partial charge in [0.2, 0.25) is 0 Å². The number of rotatable bonds is 5. The van der Waals surface area contributed by atoms with E-state index < -0.39 is 0 Å². The fourth-order valence-corrected chi connectivity index (χ4v) is 3.01. The van der Waals surface area contributed by atoms with Crippen LogP contribution in [0.25, 0.3) is 0 Å². The van der Waals surface area contributed by atoms with E-state index in [2.05, 4.69) is 26.1 Å². The molecule has 1 aromatic carbocycles. The zero-order chi connectivity index (χ0) is 13.9. The summed E-state index contributed by atoms with van der Waals surface area (Å²) in [6, 6.07) is 6.32. The SMILES string of the molecule is CCCNC1CC(CC)(CC)Oc2ccc(Cl)cc21. The molecule has 0 amide bonds. The summed E-state index contributed by atoms with van der Waals surface area (Å²) >= 11 is 6.13. The number of halogens is 1. The number of hydrogen-bond acceptors (Lipinski definition) is 2. The molecule has 0 fully saturated rings. The van der Waals surface area contributed by atoms with Crippen molar-refractivity contribution in [3.8, 4) is 5.75 Å². The smallest absolute Gasteiger partial charge is 0.125 e. The van der Waals surface area contributed by atoms with Crippen LogP contribution in [0, 0.1) is 0 Å². The lowest BCUT2D eigenvalue weighted by atomic mass is 9.83. The van der Waals surface area contributed by atoms with Gasteiger partial charge in [-0.25, -0.2) is 0 Å². The van der Waals surface area contributed by atoms with E-state index in [1.54, 1.807) is 0 Å². The molecule has 0 aromatic heterocycles. The van der Waals surface area contributed by atoms with E-state index in [0.717, 1.165) is 43.0 Å². The maximum absolute atomic E-state index is 6.28. The van der Waals surface area contributed by atoms with Gasteiger partial charge in [-0.3, -0.25) is 0 Å². The van der Waals surface area contributed by atoms with Crippen LogP contribution in [0.5, 0.6) is 5.75 Å². The predicted molar refractivity (Wildman–Crippen MR) is 81.0 cm³/mol. The number of ether oxygens (including phenoxy) is 1. The van der Waals surface area contributed by atoms with Crippen LogP contribution < -0.4 is 10.1 Å². The molecule has 0 aliphatic carbocycles. The summed E-state index contributed by atoms with van der Waals surface area (Å²) in [6.45, 7) is 7.64. The van der Waals surface area contributed by atoms with Gasteiger partial charge in [-0.1, -0.05) is 32.4 Å². The lowest BCUT2D eigenvalue weighted by molar-refractivity contribution is 0.0229. The molecule has 3 heteroatoms. The van der Waals surface area contributed by atoms with Crippen LogP contribution in [0.15, 0.2) is 18.2 Å². The molecule has 2 nitrogen and oxygen atoms in total. The molecule has 1 aromatic rings. The van der Waals surface area contributed by atoms with Gasteiger partial charge in [-0.2, -0.15) is 0 Å². The van der Waals surface area contributed by atoms with Crippen molar-refractivity contribution in [1.82, 2.24) is 5.32 Å². The summed E-state index contributed by atoms with van der Waals surface area (Å²) in [5, 5.41) is 4.42. The van der Waals surface area contributed by atoms with E-state index in [4.69, 9.17) is 16.3 Å². The molecule has 1 unspecified atom stereocenters. The molecule has 19 heavy (non-hydrogen) atoms. The summed E-state index contributed by atoms with van der Waals surface area (Å²) in [5.41, 5.74) is 1.17. The average Bonchev–Trinajstić information content (AvgIpc) is 2.44. The van der Waals surface area contributed by atoms with Crippen LogP contribution in [0.2, 0.25) is 5.02 Å². The largest absolute Gasteiger partial charge is 0.487 e. The normalized spacial score (nSPS) is 20.7. The fraction of sp³-hybridized carbons (Fsp3) is 0.625. The lowest BCUT2D eigenvalue weighted by Crippen LogP contribution is -2.43. The van der Waals surface area contributed by atoms with Crippen molar-refractivity contribution in [2.75, 3.05) is 6.54 Å². The van der Waals surface area contributed by atoms with Gasteiger partial charge in [0.15, 0.2) is 0 Å². The highest BCUT2D eigenvalue weighted by Crippen LogP contribution is 2.43. The summed E-state index contributed by atoms with van der Waals surface area (Å²) in [6.07, 6.45) is 4.23. The molecule has 0 radical (unpaired) electrons. The first-order valence-electron chi connectivity index (χ1n) is 7.36. The van der Waals surface area contributed by atoms with Crippen molar-refractivity contribution < 1.29 is 4.74 Å². The second-order valence-corrected chi connectivity index (χ2v) is 5.82. The standard InChI is InChI=1S/C16H24ClNO/c1-4-9-18-14-11-16(5-2,6-3)19-15-8-7-12(17)10-13(14)15/h7-8,10,14,18H,4-6,9,11H2,1-3H3. The van der Waals surface area contributed by atoms with Crippen molar-refractivity contribution in [3.63, 3.8) is 0 Å². The first-order chi connectivity index (χ1) is 9.14. The first-order valence-corrected chi connectivity index (χ1v) is 7.73. The molecule has 1 atom stereocenters. The van der Waals surface area contributed by atoms with Gasteiger partial charge in [-0.05, 0) is 44.0 Å². The van der Waals surface area contributed by atoms with Gasteiger partial charge in [0.1, 0.15) is 11.4 Å². The molecular formula is C16H24ClNO. The quantitative estimate of drug-likeness (QED) is 0.843. The zero-order valence-corrected chi connectivity index (χ0v) is 12.9. The van der Waals surface area contributed by atoms with Crippen molar-refractivity contribution in [1.29, 1.82) is 0 Å². The average molecular weight is 282 g/mol. The number of nitrogens with one attached hydrogen (secondary N) is 1. The second kappa shape index (κ2) is 6.15. The topological polar surface area (TPSA) is 21.3 Å². The second-order valence-electron chi connectivity index (χ2n) is 5.39. The highest BCUT2D eigenvalue weighted by Gasteiger charge is 2.38. The molecule has 0 saturated carbocycles. The van der Waals surface area contributed by atoms with Crippen molar-refractivity contribution in [2.45, 2.75) is 58.1 Å². The Balaban J connectivity index is 2.34. The number of hydrogen-bond donors (Lipinski definition) is 1. The molecule has 106 valence electrons. The van der Waals surface area contributed by atoms with Crippen molar-refractivity contribution in [3.05, 3.63) is 28.8 Å². The maximum atomic E-state index is 6.28. The van der Waals surface area contributed by atoms with E-state index in [9.17, 15) is 0 Å². The Morgan fingerprint density at radius 2 is 2.05 bits per heavy atom. The van der Waals surface area contributed by atoms with Gasteiger partial charge in [0, 0.05) is 23.0 Å². The fourth-order valence-electron chi connectivity index (χ4n) is 2.83. The van der Waals surface area contributed by atoms with E-state index in [1.165, 1.54) is 5.56 Å². The summed E-state index contributed by atoms with van der Waals surface area (Å²) in [5.74, 6) is 0.993. The minimum atomic E-state index is -0.0355. The molecule has 0 spiro atoms. The van der Waals surface area contributed by atoms with Crippen molar-refractivity contribution >= 4 is 11.6 Å². The highest BCUT2D eigenvalue weighted by molar-refractivity contribution is 6.30. The molecule has 1 aliphatic rings. The summed E-state index contributed by atoms with van der Waals surface area (Å²) < 4.78 is 6.28. The van der Waals surface area contributed by atoms with E-state index in [0.29, 0.717) is 6.04 Å². The van der Waals surface area contributed by atoms with Gasteiger partial charge in [0.25, 0.3) is 0 Å². The van der Waals surface area contributed by atoms with Crippen LogP contribution in [0.1, 0.15) is 58.1 Å². The highest BCUT2D eigenvalue weighted by atomic mass is 35.5. The third kappa shape index (κ3) is 3.06. The molecular weight excluding hydrogens is 258 g/mol. The summed E-state index contributed by atoms with van der Waals surface area (Å²) in [4.78, 5) is 0. The molecule has 2 rings (SSSR count).